The predicted octanol–water partition coefficient (Wildman–Crippen LogP) is 2.16. The highest BCUT2D eigenvalue weighted by Gasteiger charge is 2.08. The molecule has 1 amide bonds. The maximum Gasteiger partial charge on any atom is 0.407 e. The largest absolute Gasteiger partial charge is 0.496 e. The van der Waals surface area contributed by atoms with Gasteiger partial charge in [-0.1, -0.05) is 17.7 Å². The average molecular weight is 223 g/mol. The third kappa shape index (κ3) is 3.15. The van der Waals surface area contributed by atoms with Crippen molar-refractivity contribution >= 4 is 6.09 Å². The summed E-state index contributed by atoms with van der Waals surface area (Å²) < 4.78 is 5.23. The molecule has 0 bridgehead atoms. The minimum absolute atomic E-state index is 0.467. The molecule has 0 saturated carbocycles. The fraction of sp³-hybridized carbons (Fsp3) is 0.417. The van der Waals surface area contributed by atoms with Gasteiger partial charge in [0.05, 0.1) is 7.11 Å². The van der Waals surface area contributed by atoms with E-state index in [4.69, 9.17) is 9.84 Å². The van der Waals surface area contributed by atoms with Crippen LogP contribution in [-0.4, -0.2) is 36.8 Å². The van der Waals surface area contributed by atoms with Gasteiger partial charge in [0.2, 0.25) is 0 Å². The number of nitrogens with zero attached hydrogens (tertiary/aromatic N) is 1. The quantitative estimate of drug-likeness (QED) is 0.850. The van der Waals surface area contributed by atoms with Crippen molar-refractivity contribution in [2.75, 3.05) is 20.7 Å². The van der Waals surface area contributed by atoms with Crippen LogP contribution in [0.2, 0.25) is 0 Å². The number of hydrogen-bond acceptors (Lipinski definition) is 2. The number of benzene rings is 1. The number of methoxy groups -OCH3 is 1. The van der Waals surface area contributed by atoms with E-state index in [0.717, 1.165) is 16.9 Å². The summed E-state index contributed by atoms with van der Waals surface area (Å²) in [5, 5.41) is 8.74. The van der Waals surface area contributed by atoms with Crippen LogP contribution >= 0.6 is 0 Å². The number of carbonyl (C=O) groups is 1. The minimum atomic E-state index is -0.911. The molecule has 0 aliphatic carbocycles. The first-order valence-electron chi connectivity index (χ1n) is 5.12. The number of likely N-dealkylation sites (N-methyl/N-ethyl adjacent to an activating group) is 1. The summed E-state index contributed by atoms with van der Waals surface area (Å²) in [5.74, 6) is 0.810. The van der Waals surface area contributed by atoms with E-state index in [1.807, 2.05) is 25.1 Å². The zero-order valence-electron chi connectivity index (χ0n) is 9.86. The molecule has 0 fully saturated rings. The fourth-order valence-electron chi connectivity index (χ4n) is 1.49. The molecule has 0 spiro atoms. The first-order chi connectivity index (χ1) is 7.54. The highest BCUT2D eigenvalue weighted by atomic mass is 16.5. The molecule has 4 heteroatoms. The molecule has 1 aromatic carbocycles. The number of aryl methyl sites for hydroxylation is 1. The van der Waals surface area contributed by atoms with Crippen LogP contribution in [0.25, 0.3) is 0 Å². The van der Waals surface area contributed by atoms with Crippen molar-refractivity contribution in [3.8, 4) is 5.75 Å². The van der Waals surface area contributed by atoms with Gasteiger partial charge in [-0.05, 0) is 25.0 Å². The van der Waals surface area contributed by atoms with Crippen molar-refractivity contribution in [1.82, 2.24) is 4.90 Å². The Hall–Kier alpha value is -1.71. The lowest BCUT2D eigenvalue weighted by atomic mass is 10.1. The van der Waals surface area contributed by atoms with E-state index >= 15 is 0 Å². The van der Waals surface area contributed by atoms with Gasteiger partial charge in [0, 0.05) is 13.6 Å². The van der Waals surface area contributed by atoms with Gasteiger partial charge in [-0.15, -0.1) is 0 Å². The maximum atomic E-state index is 10.6. The van der Waals surface area contributed by atoms with Gasteiger partial charge < -0.3 is 14.7 Å². The van der Waals surface area contributed by atoms with Crippen molar-refractivity contribution in [3.63, 3.8) is 0 Å². The van der Waals surface area contributed by atoms with E-state index < -0.39 is 6.09 Å². The van der Waals surface area contributed by atoms with Crippen molar-refractivity contribution in [1.29, 1.82) is 0 Å². The molecule has 1 aromatic rings. The monoisotopic (exact) mass is 223 g/mol. The zero-order valence-corrected chi connectivity index (χ0v) is 9.86. The van der Waals surface area contributed by atoms with Crippen LogP contribution in [0.4, 0.5) is 4.79 Å². The summed E-state index contributed by atoms with van der Waals surface area (Å²) in [6, 6.07) is 5.91. The normalized spacial score (nSPS) is 9.94. The van der Waals surface area contributed by atoms with E-state index in [9.17, 15) is 4.79 Å². The Labute approximate surface area is 95.5 Å². The van der Waals surface area contributed by atoms with E-state index in [0.29, 0.717) is 13.0 Å². The lowest BCUT2D eigenvalue weighted by Crippen LogP contribution is -2.26. The van der Waals surface area contributed by atoms with Gasteiger partial charge in [0.15, 0.2) is 0 Å². The predicted molar refractivity (Wildman–Crippen MR) is 62.1 cm³/mol. The van der Waals surface area contributed by atoms with E-state index in [1.165, 1.54) is 4.90 Å². The van der Waals surface area contributed by atoms with Crippen LogP contribution < -0.4 is 4.74 Å². The number of rotatable bonds is 4. The Morgan fingerprint density at radius 2 is 2.19 bits per heavy atom. The van der Waals surface area contributed by atoms with E-state index in [1.54, 1.807) is 14.2 Å². The van der Waals surface area contributed by atoms with Crippen LogP contribution in [0.15, 0.2) is 18.2 Å². The van der Waals surface area contributed by atoms with E-state index in [2.05, 4.69) is 0 Å². The molecule has 0 aromatic heterocycles. The van der Waals surface area contributed by atoms with Crippen LogP contribution in [-0.2, 0) is 6.42 Å². The summed E-state index contributed by atoms with van der Waals surface area (Å²) in [4.78, 5) is 11.9. The average Bonchev–Trinajstić information content (AvgIpc) is 2.25. The number of carboxylic acid groups (broad SMARTS) is 1. The number of hydrogen-bond donors (Lipinski definition) is 1. The Bertz CT molecular complexity index is 377. The highest BCUT2D eigenvalue weighted by Crippen LogP contribution is 2.20. The molecule has 1 N–H and O–H groups in total. The third-order valence-electron chi connectivity index (χ3n) is 2.48. The molecule has 1 rings (SSSR count). The van der Waals surface area contributed by atoms with Crippen molar-refractivity contribution < 1.29 is 14.6 Å². The molecular formula is C12H17NO3. The zero-order chi connectivity index (χ0) is 12.1. The van der Waals surface area contributed by atoms with Gasteiger partial charge in [-0.2, -0.15) is 0 Å². The lowest BCUT2D eigenvalue weighted by molar-refractivity contribution is 0.156. The molecule has 0 aliphatic rings. The molecule has 88 valence electrons. The first kappa shape index (κ1) is 12.4. The molecule has 0 unspecified atom stereocenters. The summed E-state index contributed by atoms with van der Waals surface area (Å²) in [6.07, 6.45) is -0.250. The SMILES string of the molecule is COc1ccc(C)cc1CCN(C)C(=O)O. The second-order valence-corrected chi connectivity index (χ2v) is 3.77. The second kappa shape index (κ2) is 5.39. The second-order valence-electron chi connectivity index (χ2n) is 3.77. The topological polar surface area (TPSA) is 49.8 Å². The third-order valence-corrected chi connectivity index (χ3v) is 2.48. The molecule has 0 aliphatic heterocycles. The van der Waals surface area contributed by atoms with Crippen LogP contribution in [0.3, 0.4) is 0 Å². The van der Waals surface area contributed by atoms with Crippen molar-refractivity contribution in [2.24, 2.45) is 0 Å². The summed E-state index contributed by atoms with van der Waals surface area (Å²) in [7, 11) is 3.18. The molecule has 0 atom stereocenters. The van der Waals surface area contributed by atoms with Crippen LogP contribution in [0.1, 0.15) is 11.1 Å². The first-order valence-corrected chi connectivity index (χ1v) is 5.12. The molecule has 0 radical (unpaired) electrons. The standard InChI is InChI=1S/C12H17NO3/c1-9-4-5-11(16-3)10(8-9)6-7-13(2)12(14)15/h4-5,8H,6-7H2,1-3H3,(H,14,15). The smallest absolute Gasteiger partial charge is 0.407 e. The van der Waals surface area contributed by atoms with Gasteiger partial charge in [-0.25, -0.2) is 4.79 Å². The van der Waals surface area contributed by atoms with Gasteiger partial charge in [-0.3, -0.25) is 0 Å². The summed E-state index contributed by atoms with van der Waals surface area (Å²) in [5.41, 5.74) is 2.18. The Morgan fingerprint density at radius 1 is 1.50 bits per heavy atom. The van der Waals surface area contributed by atoms with Crippen LogP contribution in [0, 0.1) is 6.92 Å². The fourth-order valence-corrected chi connectivity index (χ4v) is 1.49. The molecular weight excluding hydrogens is 206 g/mol. The Balaban J connectivity index is 2.72. The highest BCUT2D eigenvalue weighted by molar-refractivity contribution is 5.64. The molecule has 0 heterocycles. The Kier molecular flexibility index (Phi) is 4.17. The van der Waals surface area contributed by atoms with Crippen LogP contribution in [0.5, 0.6) is 5.75 Å². The molecule has 0 saturated heterocycles. The number of amides is 1. The maximum absolute atomic E-state index is 10.6. The summed E-state index contributed by atoms with van der Waals surface area (Å²) >= 11 is 0. The van der Waals surface area contributed by atoms with Crippen molar-refractivity contribution in [3.05, 3.63) is 29.3 Å². The minimum Gasteiger partial charge on any atom is -0.496 e. The van der Waals surface area contributed by atoms with Gasteiger partial charge in [0.1, 0.15) is 5.75 Å². The van der Waals surface area contributed by atoms with Crippen molar-refractivity contribution in [2.45, 2.75) is 13.3 Å². The lowest BCUT2D eigenvalue weighted by Gasteiger charge is -2.14. The van der Waals surface area contributed by atoms with E-state index in [-0.39, 0.29) is 0 Å². The molecule has 16 heavy (non-hydrogen) atoms. The Morgan fingerprint density at radius 3 is 2.75 bits per heavy atom. The number of ether oxygens (including phenoxy) is 1. The van der Waals surface area contributed by atoms with Gasteiger partial charge in [0.25, 0.3) is 0 Å². The summed E-state index contributed by atoms with van der Waals surface area (Å²) in [6.45, 7) is 2.47. The van der Waals surface area contributed by atoms with Gasteiger partial charge >= 0.3 is 6.09 Å². The molecule has 4 nitrogen and oxygen atoms in total.